The van der Waals surface area contributed by atoms with Gasteiger partial charge < -0.3 is 14.7 Å². The molecule has 0 aliphatic heterocycles. The van der Waals surface area contributed by atoms with Crippen LogP contribution in [-0.4, -0.2) is 25.3 Å². The zero-order valence-electron chi connectivity index (χ0n) is 14.0. The van der Waals surface area contributed by atoms with E-state index in [1.165, 1.54) is 25.7 Å². The highest BCUT2D eigenvalue weighted by atomic mass is 16.5. The first-order chi connectivity index (χ1) is 9.85. The summed E-state index contributed by atoms with van der Waals surface area (Å²) >= 11 is 0. The van der Waals surface area contributed by atoms with E-state index in [0.717, 1.165) is 17.0 Å². The van der Waals surface area contributed by atoms with Crippen molar-refractivity contribution < 1.29 is 9.84 Å². The smallest absolute Gasteiger partial charge is 0.126 e. The fourth-order valence-corrected chi connectivity index (χ4v) is 3.41. The summed E-state index contributed by atoms with van der Waals surface area (Å²) in [7, 11) is 3.80. The van der Waals surface area contributed by atoms with Crippen LogP contribution in [0.3, 0.4) is 0 Å². The van der Waals surface area contributed by atoms with Gasteiger partial charge in [-0.25, -0.2) is 0 Å². The lowest BCUT2D eigenvalue weighted by Gasteiger charge is -2.40. The van der Waals surface area contributed by atoms with Crippen molar-refractivity contribution >= 4 is 5.69 Å². The Morgan fingerprint density at radius 1 is 1.29 bits per heavy atom. The van der Waals surface area contributed by atoms with Crippen LogP contribution in [-0.2, 0) is 0 Å². The molecule has 118 valence electrons. The highest BCUT2D eigenvalue weighted by molar-refractivity contribution is 5.60. The average Bonchev–Trinajstić information content (AvgIpc) is 2.45. The Morgan fingerprint density at radius 3 is 2.43 bits per heavy atom. The van der Waals surface area contributed by atoms with Crippen LogP contribution < -0.4 is 9.64 Å². The maximum Gasteiger partial charge on any atom is 0.126 e. The quantitative estimate of drug-likeness (QED) is 0.904. The van der Waals surface area contributed by atoms with E-state index < -0.39 is 6.10 Å². The summed E-state index contributed by atoms with van der Waals surface area (Å²) in [4.78, 5) is 2.33. The molecular formula is C18H29NO2. The molecule has 1 saturated carbocycles. The van der Waals surface area contributed by atoms with Crippen LogP contribution in [0.15, 0.2) is 18.2 Å². The Morgan fingerprint density at radius 2 is 1.90 bits per heavy atom. The van der Waals surface area contributed by atoms with Crippen molar-refractivity contribution in [3.63, 3.8) is 0 Å². The predicted octanol–water partition coefficient (Wildman–Crippen LogP) is 4.15. The molecular weight excluding hydrogens is 262 g/mol. The lowest BCUT2D eigenvalue weighted by molar-refractivity contribution is 0.193. The maximum atomic E-state index is 10.1. The molecule has 1 atom stereocenters. The van der Waals surface area contributed by atoms with Gasteiger partial charge in [-0.3, -0.25) is 0 Å². The summed E-state index contributed by atoms with van der Waals surface area (Å²) < 4.78 is 5.43. The molecule has 21 heavy (non-hydrogen) atoms. The van der Waals surface area contributed by atoms with E-state index in [-0.39, 0.29) is 0 Å². The first-order valence-corrected chi connectivity index (χ1v) is 7.93. The average molecular weight is 291 g/mol. The van der Waals surface area contributed by atoms with E-state index in [4.69, 9.17) is 4.74 Å². The molecule has 1 aromatic carbocycles. The van der Waals surface area contributed by atoms with Gasteiger partial charge in [-0.1, -0.05) is 19.9 Å². The SMILES string of the molecule is COc1cccc(N(C)C2CCC(C)(C)CC2)c1[C@H](C)O. The molecule has 0 saturated heterocycles. The molecule has 0 spiro atoms. The van der Waals surface area contributed by atoms with E-state index in [1.807, 2.05) is 12.1 Å². The molecule has 2 rings (SSSR count). The summed E-state index contributed by atoms with van der Waals surface area (Å²) in [5.74, 6) is 0.769. The van der Waals surface area contributed by atoms with Gasteiger partial charge in [0.25, 0.3) is 0 Å². The number of aliphatic hydroxyl groups is 1. The van der Waals surface area contributed by atoms with Gasteiger partial charge in [-0.05, 0) is 50.2 Å². The van der Waals surface area contributed by atoms with Crippen molar-refractivity contribution in [3.05, 3.63) is 23.8 Å². The lowest BCUT2D eigenvalue weighted by atomic mass is 9.75. The Hall–Kier alpha value is -1.22. The summed E-state index contributed by atoms with van der Waals surface area (Å²) in [6, 6.07) is 6.56. The van der Waals surface area contributed by atoms with Gasteiger partial charge in [0.15, 0.2) is 0 Å². The highest BCUT2D eigenvalue weighted by Gasteiger charge is 2.30. The van der Waals surface area contributed by atoms with E-state index in [0.29, 0.717) is 11.5 Å². The molecule has 1 fully saturated rings. The second-order valence-corrected chi connectivity index (χ2v) is 7.08. The molecule has 3 nitrogen and oxygen atoms in total. The molecule has 0 heterocycles. The van der Waals surface area contributed by atoms with E-state index >= 15 is 0 Å². The first-order valence-electron chi connectivity index (χ1n) is 7.93. The van der Waals surface area contributed by atoms with Crippen molar-refractivity contribution in [2.45, 2.75) is 58.6 Å². The molecule has 0 radical (unpaired) electrons. The van der Waals surface area contributed by atoms with Gasteiger partial charge in [0.2, 0.25) is 0 Å². The second kappa shape index (κ2) is 6.27. The predicted molar refractivity (Wildman–Crippen MR) is 88.1 cm³/mol. The fraction of sp³-hybridized carbons (Fsp3) is 0.667. The summed E-state index contributed by atoms with van der Waals surface area (Å²) in [5, 5.41) is 10.1. The molecule has 0 aromatic heterocycles. The summed E-state index contributed by atoms with van der Waals surface area (Å²) in [5.41, 5.74) is 2.46. The zero-order valence-corrected chi connectivity index (χ0v) is 14.0. The minimum Gasteiger partial charge on any atom is -0.496 e. The Bertz CT molecular complexity index is 472. The van der Waals surface area contributed by atoms with Crippen LogP contribution >= 0.6 is 0 Å². The number of nitrogens with zero attached hydrogens (tertiary/aromatic N) is 1. The molecule has 0 amide bonds. The van der Waals surface area contributed by atoms with Crippen molar-refractivity contribution in [1.82, 2.24) is 0 Å². The van der Waals surface area contributed by atoms with Gasteiger partial charge in [0, 0.05) is 24.3 Å². The Balaban J connectivity index is 2.25. The van der Waals surface area contributed by atoms with Crippen LogP contribution in [0.5, 0.6) is 5.75 Å². The monoisotopic (exact) mass is 291 g/mol. The highest BCUT2D eigenvalue weighted by Crippen LogP contribution is 2.40. The number of benzene rings is 1. The third-order valence-electron chi connectivity index (χ3n) is 4.92. The van der Waals surface area contributed by atoms with E-state index in [9.17, 15) is 5.11 Å². The van der Waals surface area contributed by atoms with Gasteiger partial charge in [-0.2, -0.15) is 0 Å². The third-order valence-corrected chi connectivity index (χ3v) is 4.92. The van der Waals surface area contributed by atoms with Gasteiger partial charge in [0.05, 0.1) is 13.2 Å². The molecule has 1 aliphatic carbocycles. The molecule has 1 aliphatic rings. The van der Waals surface area contributed by atoms with E-state index in [1.54, 1.807) is 14.0 Å². The lowest BCUT2D eigenvalue weighted by Crippen LogP contribution is -2.37. The number of anilines is 1. The number of rotatable bonds is 4. The molecule has 3 heteroatoms. The van der Waals surface area contributed by atoms with Crippen molar-refractivity contribution in [2.75, 3.05) is 19.1 Å². The Labute approximate surface area is 128 Å². The first kappa shape index (κ1) is 16.2. The third kappa shape index (κ3) is 3.52. The molecule has 0 bridgehead atoms. The summed E-state index contributed by atoms with van der Waals surface area (Å²) in [6.45, 7) is 6.52. The minimum atomic E-state index is -0.529. The van der Waals surface area contributed by atoms with E-state index in [2.05, 4.69) is 31.9 Å². The second-order valence-electron chi connectivity index (χ2n) is 7.08. The van der Waals surface area contributed by atoms with Crippen LogP contribution in [0.25, 0.3) is 0 Å². The van der Waals surface area contributed by atoms with Gasteiger partial charge >= 0.3 is 0 Å². The van der Waals surface area contributed by atoms with Gasteiger partial charge in [-0.15, -0.1) is 0 Å². The van der Waals surface area contributed by atoms with Crippen LogP contribution in [0.4, 0.5) is 5.69 Å². The zero-order chi connectivity index (χ0) is 15.6. The maximum absolute atomic E-state index is 10.1. The molecule has 1 aromatic rings. The van der Waals surface area contributed by atoms with Gasteiger partial charge in [0.1, 0.15) is 5.75 Å². The van der Waals surface area contributed by atoms with Crippen molar-refractivity contribution in [3.8, 4) is 5.75 Å². The summed E-state index contributed by atoms with van der Waals surface area (Å²) in [6.07, 6.45) is 4.41. The van der Waals surface area contributed by atoms with Crippen LogP contribution in [0, 0.1) is 5.41 Å². The molecule has 1 N–H and O–H groups in total. The number of hydrogen-bond acceptors (Lipinski definition) is 3. The molecule has 0 unspecified atom stereocenters. The topological polar surface area (TPSA) is 32.7 Å². The van der Waals surface area contributed by atoms with Crippen molar-refractivity contribution in [1.29, 1.82) is 0 Å². The normalized spacial score (nSPS) is 20.1. The largest absolute Gasteiger partial charge is 0.496 e. The minimum absolute atomic E-state index is 0.471. The fourth-order valence-electron chi connectivity index (χ4n) is 3.41. The van der Waals surface area contributed by atoms with Crippen LogP contribution in [0.2, 0.25) is 0 Å². The van der Waals surface area contributed by atoms with Crippen LogP contribution in [0.1, 0.15) is 58.1 Å². The standard InChI is InChI=1S/C18H29NO2/c1-13(20)17-15(7-6-8-16(17)21-5)19(4)14-9-11-18(2,3)12-10-14/h6-8,13-14,20H,9-12H2,1-5H3/t13-/m0/s1. The number of methoxy groups -OCH3 is 1. The number of ether oxygens (including phenoxy) is 1. The number of hydrogen-bond donors (Lipinski definition) is 1. The Kier molecular flexibility index (Phi) is 4.82. The number of aliphatic hydroxyl groups excluding tert-OH is 1. The van der Waals surface area contributed by atoms with Crippen molar-refractivity contribution in [2.24, 2.45) is 5.41 Å².